The first-order valence-corrected chi connectivity index (χ1v) is 5.14. The van der Waals surface area contributed by atoms with E-state index in [-0.39, 0.29) is 17.6 Å². The molecule has 1 aliphatic heterocycles. The minimum Gasteiger partial charge on any atom is -0.299 e. The van der Waals surface area contributed by atoms with Crippen molar-refractivity contribution in [1.82, 2.24) is 5.06 Å². The van der Waals surface area contributed by atoms with Crippen LogP contribution in [0.15, 0.2) is 0 Å². The molecule has 1 fully saturated rings. The highest BCUT2D eigenvalue weighted by molar-refractivity contribution is 5.86. The summed E-state index contributed by atoms with van der Waals surface area (Å²) in [5.74, 6) is -0.182. The van der Waals surface area contributed by atoms with Gasteiger partial charge in [0.1, 0.15) is 5.78 Å². The molecule has 3 heteroatoms. The molecule has 1 rings (SSSR count). The number of carbonyl (C=O) groups is 1. The van der Waals surface area contributed by atoms with Gasteiger partial charge in [-0.1, -0.05) is 13.8 Å². The zero-order valence-electron chi connectivity index (χ0n) is 9.92. The maximum atomic E-state index is 12.1. The number of hydrogen-bond acceptors (Lipinski definition) is 2. The van der Waals surface area contributed by atoms with Crippen molar-refractivity contribution in [3.63, 3.8) is 0 Å². The number of rotatable bonds is 0. The molecule has 0 aromatic carbocycles. The topological polar surface area (TPSA) is 40.2 Å². The predicted octanol–water partition coefficient (Wildman–Crippen LogP) is 2.05. The third-order valence-corrected chi connectivity index (χ3v) is 4.02. The minimum atomic E-state index is -0.590. The van der Waals surface area contributed by atoms with Gasteiger partial charge >= 0.3 is 0 Å². The average molecular weight is 198 g/mol. The molecular weight excluding hydrogens is 178 g/mol. The lowest BCUT2D eigenvalue weighted by Gasteiger charge is -2.52. The van der Waals surface area contributed by atoms with E-state index in [1.54, 1.807) is 0 Å². The van der Waals surface area contributed by atoms with Crippen molar-refractivity contribution < 1.29 is 10.0 Å². The zero-order chi connectivity index (χ0) is 11.3. The summed E-state index contributed by atoms with van der Waals surface area (Å²) in [7, 11) is 0. The fourth-order valence-electron chi connectivity index (χ4n) is 2.17. The Morgan fingerprint density at radius 3 is 1.57 bits per heavy atom. The molecule has 1 radical (unpaired) electrons. The first-order valence-electron chi connectivity index (χ1n) is 5.14. The van der Waals surface area contributed by atoms with E-state index >= 15 is 0 Å². The van der Waals surface area contributed by atoms with Gasteiger partial charge in [-0.25, -0.2) is 0 Å². The summed E-state index contributed by atoms with van der Waals surface area (Å²) in [4.78, 5) is 11.9. The van der Waals surface area contributed by atoms with Crippen LogP contribution in [0.2, 0.25) is 0 Å². The van der Waals surface area contributed by atoms with Gasteiger partial charge in [0.2, 0.25) is 0 Å². The Hall–Kier alpha value is -0.410. The quantitative estimate of drug-likeness (QED) is 0.597. The summed E-state index contributed by atoms with van der Waals surface area (Å²) in [5, 5.41) is 13.2. The van der Waals surface area contributed by atoms with Crippen LogP contribution in [-0.2, 0) is 10.0 Å². The Labute approximate surface area is 86.1 Å². The third kappa shape index (κ3) is 1.30. The molecule has 0 bridgehead atoms. The Morgan fingerprint density at radius 2 is 1.29 bits per heavy atom. The minimum absolute atomic E-state index is 0.192. The molecular formula is C11H20NO2. The van der Waals surface area contributed by atoms with E-state index in [0.717, 1.165) is 5.06 Å². The van der Waals surface area contributed by atoms with Gasteiger partial charge in [0.25, 0.3) is 0 Å². The molecule has 1 heterocycles. The van der Waals surface area contributed by atoms with Gasteiger partial charge in [0.05, 0.1) is 11.1 Å². The van der Waals surface area contributed by atoms with Crippen LogP contribution in [0.3, 0.4) is 0 Å². The molecule has 1 aliphatic rings. The lowest BCUT2D eigenvalue weighted by molar-refractivity contribution is -0.300. The van der Waals surface area contributed by atoms with E-state index in [4.69, 9.17) is 0 Å². The van der Waals surface area contributed by atoms with Gasteiger partial charge in [0.15, 0.2) is 0 Å². The van der Waals surface area contributed by atoms with Crippen LogP contribution in [0, 0.1) is 11.8 Å². The third-order valence-electron chi connectivity index (χ3n) is 4.02. The van der Waals surface area contributed by atoms with Crippen molar-refractivity contribution in [3.05, 3.63) is 0 Å². The van der Waals surface area contributed by atoms with E-state index in [1.807, 2.05) is 41.5 Å². The van der Waals surface area contributed by atoms with E-state index < -0.39 is 11.1 Å². The Bertz CT molecular complexity index is 234. The Morgan fingerprint density at radius 1 is 1.00 bits per heavy atom. The van der Waals surface area contributed by atoms with Crippen molar-refractivity contribution in [2.24, 2.45) is 11.8 Å². The molecule has 1 saturated heterocycles. The zero-order valence-corrected chi connectivity index (χ0v) is 9.92. The van der Waals surface area contributed by atoms with Gasteiger partial charge in [-0.2, -0.15) is 0 Å². The smallest absolute Gasteiger partial charge is 0.142 e. The fourth-order valence-corrected chi connectivity index (χ4v) is 2.17. The summed E-state index contributed by atoms with van der Waals surface area (Å²) >= 11 is 0. The largest absolute Gasteiger partial charge is 0.299 e. The normalized spacial score (nSPS) is 37.2. The maximum Gasteiger partial charge on any atom is 0.142 e. The highest BCUT2D eigenvalue weighted by Gasteiger charge is 2.54. The van der Waals surface area contributed by atoms with Crippen molar-refractivity contribution in [3.8, 4) is 0 Å². The fraction of sp³-hybridized carbons (Fsp3) is 0.909. The second-order valence-corrected chi connectivity index (χ2v) is 5.45. The number of hydroxylamine groups is 2. The summed E-state index contributed by atoms with van der Waals surface area (Å²) in [6, 6.07) is 0. The van der Waals surface area contributed by atoms with Gasteiger partial charge < -0.3 is 0 Å². The number of ketones is 1. The SMILES string of the molecule is CC1C(=O)C(C)C(C)(C)N([O])C1(C)C. The molecule has 81 valence electrons. The predicted molar refractivity (Wildman–Crippen MR) is 54.0 cm³/mol. The van der Waals surface area contributed by atoms with Crippen LogP contribution in [0.5, 0.6) is 0 Å². The van der Waals surface area contributed by atoms with Crippen LogP contribution in [0.25, 0.3) is 0 Å². The summed E-state index contributed by atoms with van der Waals surface area (Å²) in [5.41, 5.74) is -1.18. The maximum absolute atomic E-state index is 12.1. The van der Waals surface area contributed by atoms with Gasteiger partial charge in [0, 0.05) is 11.8 Å². The molecule has 3 nitrogen and oxygen atoms in total. The molecule has 0 saturated carbocycles. The van der Waals surface area contributed by atoms with Crippen molar-refractivity contribution in [1.29, 1.82) is 0 Å². The highest BCUT2D eigenvalue weighted by atomic mass is 16.5. The van der Waals surface area contributed by atoms with Crippen LogP contribution in [0.4, 0.5) is 0 Å². The number of Topliss-reactive ketones (excluding diaryl/α,β-unsaturated/α-hetero) is 1. The summed E-state index contributed by atoms with van der Waals surface area (Å²) < 4.78 is 0. The molecule has 0 aromatic heterocycles. The van der Waals surface area contributed by atoms with Gasteiger partial charge in [-0.15, -0.1) is 10.3 Å². The molecule has 0 aromatic rings. The molecule has 2 atom stereocenters. The number of hydrogen-bond donors (Lipinski definition) is 0. The van der Waals surface area contributed by atoms with Gasteiger partial charge in [-0.05, 0) is 27.7 Å². The second-order valence-electron chi connectivity index (χ2n) is 5.45. The van der Waals surface area contributed by atoms with Crippen molar-refractivity contribution >= 4 is 5.78 Å². The van der Waals surface area contributed by atoms with E-state index in [9.17, 15) is 10.0 Å². The molecule has 14 heavy (non-hydrogen) atoms. The molecule has 2 unspecified atom stereocenters. The van der Waals surface area contributed by atoms with Crippen LogP contribution in [-0.4, -0.2) is 21.9 Å². The van der Waals surface area contributed by atoms with Crippen LogP contribution < -0.4 is 0 Å². The standard InChI is InChI=1S/C11H20NO2/c1-7-9(13)8(2)11(5,6)12(14)10(7,3)4/h7-8H,1-6H3. The van der Waals surface area contributed by atoms with Crippen molar-refractivity contribution in [2.75, 3.05) is 0 Å². The molecule has 0 aliphatic carbocycles. The molecule has 0 spiro atoms. The molecule has 0 amide bonds. The monoisotopic (exact) mass is 198 g/mol. The summed E-state index contributed by atoms with van der Waals surface area (Å²) in [6.45, 7) is 11.1. The average Bonchev–Trinajstić information content (AvgIpc) is 2.11. The summed E-state index contributed by atoms with van der Waals surface area (Å²) in [6.07, 6.45) is 0. The lowest BCUT2D eigenvalue weighted by Crippen LogP contribution is -2.66. The Kier molecular flexibility index (Phi) is 2.53. The first kappa shape index (κ1) is 11.7. The van der Waals surface area contributed by atoms with E-state index in [2.05, 4.69) is 0 Å². The van der Waals surface area contributed by atoms with Gasteiger partial charge in [-0.3, -0.25) is 4.79 Å². The lowest BCUT2D eigenvalue weighted by atomic mass is 9.68. The Balaban J connectivity index is 3.15. The first-order chi connectivity index (χ1) is 6.13. The number of carbonyl (C=O) groups excluding carboxylic acids is 1. The highest BCUT2D eigenvalue weighted by Crippen LogP contribution is 2.41. The van der Waals surface area contributed by atoms with E-state index in [1.165, 1.54) is 0 Å². The van der Waals surface area contributed by atoms with E-state index in [0.29, 0.717) is 0 Å². The van der Waals surface area contributed by atoms with Crippen molar-refractivity contribution in [2.45, 2.75) is 52.6 Å². The van der Waals surface area contributed by atoms with Crippen LogP contribution >= 0.6 is 0 Å². The van der Waals surface area contributed by atoms with Crippen LogP contribution in [0.1, 0.15) is 41.5 Å². The number of piperidine rings is 1. The molecule has 0 N–H and O–H groups in total. The second kappa shape index (κ2) is 3.04. The number of nitrogens with zero attached hydrogens (tertiary/aromatic N) is 1.